The van der Waals surface area contributed by atoms with Crippen LogP contribution in [-0.4, -0.2) is 90.1 Å². The van der Waals surface area contributed by atoms with E-state index in [4.69, 9.17) is 23.7 Å². The van der Waals surface area contributed by atoms with Crippen molar-refractivity contribution in [1.29, 1.82) is 0 Å². The van der Waals surface area contributed by atoms with Crippen molar-refractivity contribution in [2.75, 3.05) is 34.1 Å². The Bertz CT molecular complexity index is 1690. The Morgan fingerprint density at radius 1 is 0.830 bits per heavy atom. The highest BCUT2D eigenvalue weighted by Crippen LogP contribution is 2.39. The van der Waals surface area contributed by atoms with Crippen LogP contribution >= 0.6 is 0 Å². The maximum Gasteiger partial charge on any atom is 0.304 e. The highest BCUT2D eigenvalue weighted by molar-refractivity contribution is 6.01. The van der Waals surface area contributed by atoms with Gasteiger partial charge in [-0.15, -0.1) is 0 Å². The van der Waals surface area contributed by atoms with Gasteiger partial charge in [0.15, 0.2) is 29.2 Å². The molecule has 4 rings (SSSR count). The average molecular weight is 655 g/mol. The van der Waals surface area contributed by atoms with E-state index in [9.17, 15) is 39.4 Å². The van der Waals surface area contributed by atoms with Gasteiger partial charge in [0, 0.05) is 38.6 Å². The highest BCUT2D eigenvalue weighted by atomic mass is 16.7. The van der Waals surface area contributed by atoms with E-state index in [2.05, 4.69) is 13.2 Å². The maximum absolute atomic E-state index is 13.4. The van der Waals surface area contributed by atoms with Gasteiger partial charge >= 0.3 is 5.97 Å². The van der Waals surface area contributed by atoms with E-state index in [0.29, 0.717) is 17.4 Å². The predicted molar refractivity (Wildman–Crippen MR) is 160 cm³/mol. The monoisotopic (exact) mass is 654 g/mol. The zero-order valence-electron chi connectivity index (χ0n) is 25.6. The van der Waals surface area contributed by atoms with Crippen molar-refractivity contribution < 1.29 is 52.7 Å². The fraction of sp³-hybridized carbons (Fsp3) is 0.333. The number of nitro benzene ring substituents is 2. The topological polar surface area (TPSA) is 207 Å². The number of rotatable bonds is 12. The van der Waals surface area contributed by atoms with Crippen molar-refractivity contribution in [3.8, 4) is 23.0 Å². The minimum atomic E-state index is -0.996. The van der Waals surface area contributed by atoms with Crippen LogP contribution in [0.2, 0.25) is 0 Å². The molecule has 248 valence electrons. The lowest BCUT2D eigenvalue weighted by Gasteiger charge is -2.24. The zero-order valence-corrected chi connectivity index (χ0v) is 25.6. The van der Waals surface area contributed by atoms with Crippen molar-refractivity contribution in [3.63, 3.8) is 0 Å². The highest BCUT2D eigenvalue weighted by Gasteiger charge is 2.38. The fourth-order valence-electron chi connectivity index (χ4n) is 5.19. The van der Waals surface area contributed by atoms with Gasteiger partial charge in [0.25, 0.3) is 23.2 Å². The van der Waals surface area contributed by atoms with Crippen LogP contribution in [0, 0.1) is 20.2 Å². The van der Waals surface area contributed by atoms with Crippen LogP contribution in [-0.2, 0) is 14.3 Å². The molecule has 2 amide bonds. The molecule has 2 aliphatic rings. The van der Waals surface area contributed by atoms with Crippen LogP contribution in [0.25, 0.3) is 0 Å². The molecule has 2 aromatic carbocycles. The number of esters is 1. The Hall–Kier alpha value is -6.00. The maximum atomic E-state index is 13.4. The van der Waals surface area contributed by atoms with E-state index in [1.165, 1.54) is 26.0 Å². The molecule has 17 nitrogen and oxygen atoms in total. The van der Waals surface area contributed by atoms with Crippen molar-refractivity contribution >= 4 is 35.4 Å². The van der Waals surface area contributed by atoms with Crippen molar-refractivity contribution in [3.05, 3.63) is 79.9 Å². The number of aldehydes is 1. The number of carbonyl (C=O) groups excluding carboxylic acids is 4. The Balaban J connectivity index is 1.59. The minimum absolute atomic E-state index is 0.00565. The Labute approximate surface area is 267 Å². The first-order valence-corrected chi connectivity index (χ1v) is 13.9. The largest absolute Gasteiger partial charge is 0.493 e. The second-order valence-electron chi connectivity index (χ2n) is 10.5. The summed E-state index contributed by atoms with van der Waals surface area (Å²) in [7, 11) is 2.47. The fourth-order valence-corrected chi connectivity index (χ4v) is 5.19. The summed E-state index contributed by atoms with van der Waals surface area (Å²) >= 11 is 0. The number of carbonyl (C=O) groups is 4. The molecule has 2 aliphatic heterocycles. The van der Waals surface area contributed by atoms with Crippen LogP contribution in [0.5, 0.6) is 23.0 Å². The molecule has 1 unspecified atom stereocenters. The predicted octanol–water partition coefficient (Wildman–Crippen LogP) is 3.20. The Morgan fingerprint density at radius 3 is 1.74 bits per heavy atom. The summed E-state index contributed by atoms with van der Waals surface area (Å²) in [6.45, 7) is 8.14. The van der Waals surface area contributed by atoms with Crippen LogP contribution in [0.3, 0.4) is 0 Å². The summed E-state index contributed by atoms with van der Waals surface area (Å²) < 4.78 is 26.9. The van der Waals surface area contributed by atoms with Gasteiger partial charge in [0.05, 0.1) is 42.2 Å². The van der Waals surface area contributed by atoms with Crippen LogP contribution < -0.4 is 18.9 Å². The first-order chi connectivity index (χ1) is 22.3. The second kappa shape index (κ2) is 14.0. The SMILES string of the molecule is C=C1CC(OC(C)=O)N(C(=O)c2cc(OC)c(OCOc3cc([N+](=O)[O-])c(C(=O)N4CC(=C)C[C@H]4C=O)cc3OC)cc2[N+](=O)[O-])C1. The van der Waals surface area contributed by atoms with Crippen LogP contribution in [0.4, 0.5) is 11.4 Å². The van der Waals surface area contributed by atoms with Gasteiger partial charge in [-0.3, -0.25) is 39.5 Å². The molecule has 2 atom stereocenters. The molecule has 2 heterocycles. The lowest BCUT2D eigenvalue weighted by Crippen LogP contribution is -2.38. The van der Waals surface area contributed by atoms with Gasteiger partial charge in [0.2, 0.25) is 6.79 Å². The summed E-state index contributed by atoms with van der Waals surface area (Å²) in [4.78, 5) is 74.3. The number of benzene rings is 2. The van der Waals surface area contributed by atoms with E-state index in [1.807, 2.05) is 0 Å². The first-order valence-electron chi connectivity index (χ1n) is 13.9. The van der Waals surface area contributed by atoms with E-state index in [-0.39, 0.29) is 60.1 Å². The van der Waals surface area contributed by atoms with E-state index >= 15 is 0 Å². The molecule has 0 aliphatic carbocycles. The summed E-state index contributed by atoms with van der Waals surface area (Å²) in [5.74, 6) is -2.85. The molecule has 2 fully saturated rings. The number of methoxy groups -OCH3 is 2. The summed E-state index contributed by atoms with van der Waals surface area (Å²) in [6, 6.07) is 3.25. The quantitative estimate of drug-likeness (QED) is 0.0805. The molecule has 17 heteroatoms. The number of likely N-dealkylation sites (tertiary alicyclic amines) is 2. The number of amides is 2. The molecule has 0 spiro atoms. The summed E-state index contributed by atoms with van der Waals surface area (Å²) in [5.41, 5.74) is -0.820. The van der Waals surface area contributed by atoms with E-state index < -0.39 is 58.1 Å². The summed E-state index contributed by atoms with van der Waals surface area (Å²) in [5, 5.41) is 23.9. The van der Waals surface area contributed by atoms with Gasteiger partial charge < -0.3 is 33.4 Å². The van der Waals surface area contributed by atoms with Crippen LogP contribution in [0.1, 0.15) is 40.5 Å². The molecular weight excluding hydrogens is 624 g/mol. The van der Waals surface area contributed by atoms with E-state index in [1.54, 1.807) is 0 Å². The first kappa shape index (κ1) is 33.9. The number of hydrogen-bond donors (Lipinski definition) is 0. The average Bonchev–Trinajstić information content (AvgIpc) is 3.60. The third kappa shape index (κ3) is 7.13. The number of nitrogens with zero attached hydrogens (tertiary/aromatic N) is 4. The standard InChI is InChI=1S/C30H30N4O13/c1-16-6-19(14-35)31(12-16)29(37)20-8-24(43-4)26(10-22(20)33(39)40)45-15-46-27-11-23(34(41)42)21(9-25(27)44-5)30(38)32-13-17(2)7-28(32)47-18(3)36/h8-11,14,19,28H,1-2,6-7,12-13,15H2,3-5H3/t19-,28?/m0/s1. The lowest BCUT2D eigenvalue weighted by molar-refractivity contribution is -0.385. The molecule has 0 saturated carbocycles. The van der Waals surface area contributed by atoms with Gasteiger partial charge in [-0.25, -0.2) is 0 Å². The van der Waals surface area contributed by atoms with Gasteiger partial charge in [-0.2, -0.15) is 0 Å². The summed E-state index contributed by atoms with van der Waals surface area (Å²) in [6.07, 6.45) is -0.0284. The number of nitro groups is 2. The van der Waals surface area contributed by atoms with Gasteiger partial charge in [-0.05, 0) is 6.42 Å². The third-order valence-corrected chi connectivity index (χ3v) is 7.32. The zero-order chi connectivity index (χ0) is 34.6. The Kier molecular flexibility index (Phi) is 10.1. The molecule has 0 radical (unpaired) electrons. The molecule has 2 aromatic rings. The smallest absolute Gasteiger partial charge is 0.304 e. The van der Waals surface area contributed by atoms with Gasteiger partial charge in [-0.1, -0.05) is 24.3 Å². The van der Waals surface area contributed by atoms with Gasteiger partial charge in [0.1, 0.15) is 17.4 Å². The molecule has 47 heavy (non-hydrogen) atoms. The number of ether oxygens (including phenoxy) is 5. The lowest BCUT2D eigenvalue weighted by atomic mass is 10.1. The van der Waals surface area contributed by atoms with Crippen molar-refractivity contribution in [2.45, 2.75) is 32.0 Å². The minimum Gasteiger partial charge on any atom is -0.493 e. The molecule has 2 saturated heterocycles. The second-order valence-corrected chi connectivity index (χ2v) is 10.5. The molecule has 0 aromatic heterocycles. The molecule has 0 N–H and O–H groups in total. The van der Waals surface area contributed by atoms with E-state index in [0.717, 1.165) is 29.2 Å². The molecule has 0 bridgehead atoms. The Morgan fingerprint density at radius 2 is 1.30 bits per heavy atom. The normalized spacial score (nSPS) is 17.3. The van der Waals surface area contributed by atoms with Crippen molar-refractivity contribution in [2.24, 2.45) is 0 Å². The molecular formula is C30H30N4O13. The third-order valence-electron chi connectivity index (χ3n) is 7.32. The van der Waals surface area contributed by atoms with Crippen LogP contribution in [0.15, 0.2) is 48.6 Å². The van der Waals surface area contributed by atoms with Crippen molar-refractivity contribution in [1.82, 2.24) is 9.80 Å². The number of hydrogen-bond acceptors (Lipinski definition) is 13.